The highest BCUT2D eigenvalue weighted by atomic mass is 35.5. The van der Waals surface area contributed by atoms with Crippen LogP contribution in [0.4, 0.5) is 21.9 Å². The molecule has 0 spiro atoms. The lowest BCUT2D eigenvalue weighted by molar-refractivity contribution is -0.384. The molecule has 0 aliphatic carbocycles. The van der Waals surface area contributed by atoms with Crippen LogP contribution >= 0.6 is 11.6 Å². The number of carbonyl (C=O) groups is 1. The van der Waals surface area contributed by atoms with E-state index in [-0.39, 0.29) is 22.4 Å². The molecule has 1 aliphatic heterocycles. The maximum Gasteiger partial charge on any atom is 0.409 e. The number of nitrogens with zero attached hydrogens (tertiary/aromatic N) is 3. The van der Waals surface area contributed by atoms with Gasteiger partial charge >= 0.3 is 6.09 Å². The number of benzene rings is 2. The van der Waals surface area contributed by atoms with Gasteiger partial charge in [0.15, 0.2) is 0 Å². The molecule has 1 amide bonds. The predicted molar refractivity (Wildman–Crippen MR) is 124 cm³/mol. The van der Waals surface area contributed by atoms with Crippen LogP contribution < -0.4 is 10.1 Å². The molecular formula is C20H22ClN5O6S. The monoisotopic (exact) mass is 495 g/mol. The van der Waals surface area contributed by atoms with Crippen molar-refractivity contribution >= 4 is 50.5 Å². The molecule has 11 nitrogen and oxygen atoms in total. The van der Waals surface area contributed by atoms with Crippen LogP contribution in [-0.2, 0) is 14.8 Å². The maximum absolute atomic E-state index is 12.7. The van der Waals surface area contributed by atoms with Crippen molar-refractivity contribution in [2.24, 2.45) is 5.10 Å². The largest absolute Gasteiger partial charge is 0.450 e. The van der Waals surface area contributed by atoms with Gasteiger partial charge in [-0.15, -0.1) is 0 Å². The summed E-state index contributed by atoms with van der Waals surface area (Å²) in [6.07, 6.45) is 0.581. The second-order valence-corrected chi connectivity index (χ2v) is 9.14. The molecule has 2 aromatic carbocycles. The van der Waals surface area contributed by atoms with Crippen LogP contribution in [0.5, 0.6) is 0 Å². The number of piperidine rings is 1. The van der Waals surface area contributed by atoms with Crippen molar-refractivity contribution in [1.82, 2.24) is 4.90 Å². The summed E-state index contributed by atoms with van der Waals surface area (Å²) < 4.78 is 32.6. The lowest BCUT2D eigenvalue weighted by atomic mass is 10.1. The number of nitrogens with one attached hydrogen (secondary N) is 2. The van der Waals surface area contributed by atoms with Crippen LogP contribution in [0.3, 0.4) is 0 Å². The topological polar surface area (TPSA) is 143 Å². The summed E-state index contributed by atoms with van der Waals surface area (Å²) >= 11 is 5.80. The quantitative estimate of drug-likeness (QED) is 0.435. The van der Waals surface area contributed by atoms with E-state index in [1.54, 1.807) is 11.8 Å². The predicted octanol–water partition coefficient (Wildman–Crippen LogP) is 4.07. The minimum Gasteiger partial charge on any atom is -0.450 e. The molecule has 2 N–H and O–H groups in total. The van der Waals surface area contributed by atoms with Gasteiger partial charge in [0.05, 0.1) is 16.4 Å². The Morgan fingerprint density at radius 3 is 2.48 bits per heavy atom. The highest BCUT2D eigenvalue weighted by Gasteiger charge is 2.23. The number of halogens is 1. The number of hydrogen-bond acceptors (Lipinski definition) is 8. The normalized spacial score (nSPS) is 13.9. The number of rotatable bonds is 7. The highest BCUT2D eigenvalue weighted by molar-refractivity contribution is 7.92. The Kier molecular flexibility index (Phi) is 7.71. The van der Waals surface area contributed by atoms with Gasteiger partial charge in [0.1, 0.15) is 5.69 Å². The molecule has 0 unspecified atom stereocenters. The molecule has 33 heavy (non-hydrogen) atoms. The first-order valence-corrected chi connectivity index (χ1v) is 11.9. The van der Waals surface area contributed by atoms with Gasteiger partial charge < -0.3 is 9.64 Å². The molecule has 0 saturated carbocycles. The first-order valence-electron chi connectivity index (χ1n) is 9.99. The zero-order chi connectivity index (χ0) is 24.0. The molecule has 2 aromatic rings. The van der Waals surface area contributed by atoms with Gasteiger partial charge in [-0.25, -0.2) is 13.2 Å². The summed E-state index contributed by atoms with van der Waals surface area (Å²) in [5, 5.41) is 16.2. The van der Waals surface area contributed by atoms with E-state index >= 15 is 0 Å². The minimum absolute atomic E-state index is 0.0470. The van der Waals surface area contributed by atoms with E-state index in [1.807, 2.05) is 0 Å². The molecule has 3 rings (SSSR count). The third-order valence-corrected chi connectivity index (χ3v) is 6.40. The van der Waals surface area contributed by atoms with E-state index in [1.165, 1.54) is 36.4 Å². The second kappa shape index (κ2) is 10.5. The van der Waals surface area contributed by atoms with E-state index < -0.39 is 20.6 Å². The van der Waals surface area contributed by atoms with Crippen molar-refractivity contribution in [1.29, 1.82) is 0 Å². The van der Waals surface area contributed by atoms with E-state index in [9.17, 15) is 23.3 Å². The number of nitro benzene ring substituents is 1. The van der Waals surface area contributed by atoms with Crippen molar-refractivity contribution in [2.45, 2.75) is 24.7 Å². The molecule has 1 fully saturated rings. The van der Waals surface area contributed by atoms with Gasteiger partial charge in [-0.2, -0.15) is 5.10 Å². The Balaban J connectivity index is 1.73. The third kappa shape index (κ3) is 6.33. The standard InChI is InChI=1S/C20H22ClN5O6S/c1-2-32-20(27)25-11-9-15(10-12-25)22-23-18-8-7-17(13-19(18)26(28)29)33(30,31)24-16-5-3-14(21)4-6-16/h3-8,13,23-24H,2,9-12H2,1H3. The van der Waals surface area contributed by atoms with Gasteiger partial charge in [0.25, 0.3) is 15.7 Å². The highest BCUT2D eigenvalue weighted by Crippen LogP contribution is 2.29. The summed E-state index contributed by atoms with van der Waals surface area (Å²) in [6, 6.07) is 9.49. The summed E-state index contributed by atoms with van der Waals surface area (Å²) in [5.74, 6) is 0. The lowest BCUT2D eigenvalue weighted by Gasteiger charge is -2.26. The molecule has 0 aromatic heterocycles. The molecule has 0 bridgehead atoms. The van der Waals surface area contributed by atoms with Crippen molar-refractivity contribution < 1.29 is 22.9 Å². The fraction of sp³-hybridized carbons (Fsp3) is 0.300. The number of ether oxygens (including phenoxy) is 1. The van der Waals surface area contributed by atoms with Crippen LogP contribution in [0, 0.1) is 10.1 Å². The van der Waals surface area contributed by atoms with Gasteiger partial charge in [0, 0.05) is 48.4 Å². The number of nitro groups is 1. The van der Waals surface area contributed by atoms with Crippen molar-refractivity contribution in [3.8, 4) is 0 Å². The Labute approximate surface area is 195 Å². The fourth-order valence-electron chi connectivity index (χ4n) is 3.07. The molecule has 0 radical (unpaired) electrons. The van der Waals surface area contributed by atoms with Crippen molar-refractivity contribution in [3.63, 3.8) is 0 Å². The molecule has 1 saturated heterocycles. The van der Waals surface area contributed by atoms with Gasteiger partial charge in [-0.3, -0.25) is 20.3 Å². The zero-order valence-electron chi connectivity index (χ0n) is 17.7. The Morgan fingerprint density at radius 2 is 1.88 bits per heavy atom. The number of sulfonamides is 1. The Bertz CT molecular complexity index is 1160. The first kappa shape index (κ1) is 24.3. The first-order chi connectivity index (χ1) is 15.7. The molecule has 0 atom stereocenters. The average molecular weight is 496 g/mol. The zero-order valence-corrected chi connectivity index (χ0v) is 19.2. The van der Waals surface area contributed by atoms with E-state index in [2.05, 4.69) is 15.2 Å². The van der Waals surface area contributed by atoms with Gasteiger partial charge in [-0.1, -0.05) is 11.6 Å². The Hall–Kier alpha value is -3.38. The molecule has 176 valence electrons. The molecular weight excluding hydrogens is 474 g/mol. The third-order valence-electron chi connectivity index (χ3n) is 4.77. The number of anilines is 2. The van der Waals surface area contributed by atoms with Crippen LogP contribution in [0.15, 0.2) is 52.5 Å². The maximum atomic E-state index is 12.7. The average Bonchev–Trinajstić information content (AvgIpc) is 2.79. The molecule has 1 aliphatic rings. The van der Waals surface area contributed by atoms with Crippen LogP contribution in [-0.4, -0.2) is 49.7 Å². The number of hydrogen-bond donors (Lipinski definition) is 2. The SMILES string of the molecule is CCOC(=O)N1CCC(=NNc2ccc(S(=O)(=O)Nc3ccc(Cl)cc3)cc2[N+](=O)[O-])CC1. The second-order valence-electron chi connectivity index (χ2n) is 7.02. The van der Waals surface area contributed by atoms with E-state index in [0.29, 0.717) is 37.6 Å². The van der Waals surface area contributed by atoms with Crippen molar-refractivity contribution in [2.75, 3.05) is 29.8 Å². The van der Waals surface area contributed by atoms with Gasteiger partial charge in [-0.05, 0) is 43.3 Å². The molecule has 1 heterocycles. The van der Waals surface area contributed by atoms with Crippen LogP contribution in [0.2, 0.25) is 5.02 Å². The van der Waals surface area contributed by atoms with E-state index in [4.69, 9.17) is 16.3 Å². The number of hydrazone groups is 1. The van der Waals surface area contributed by atoms with Gasteiger partial charge in [0.2, 0.25) is 0 Å². The summed E-state index contributed by atoms with van der Waals surface area (Å²) in [5.41, 5.74) is 3.25. The summed E-state index contributed by atoms with van der Waals surface area (Å²) in [4.78, 5) is 23.9. The lowest BCUT2D eigenvalue weighted by Crippen LogP contribution is -2.39. The number of amides is 1. The Morgan fingerprint density at radius 1 is 1.21 bits per heavy atom. The fourth-order valence-corrected chi connectivity index (χ4v) is 4.27. The van der Waals surface area contributed by atoms with Crippen LogP contribution in [0.1, 0.15) is 19.8 Å². The summed E-state index contributed by atoms with van der Waals surface area (Å²) in [7, 11) is -4.06. The molecule has 13 heteroatoms. The minimum atomic E-state index is -4.06. The van der Waals surface area contributed by atoms with Crippen LogP contribution in [0.25, 0.3) is 0 Å². The van der Waals surface area contributed by atoms with Crippen molar-refractivity contribution in [3.05, 3.63) is 57.6 Å². The smallest absolute Gasteiger partial charge is 0.409 e. The number of carbonyl (C=O) groups excluding carboxylic acids is 1. The van der Waals surface area contributed by atoms with E-state index in [0.717, 1.165) is 11.8 Å². The summed E-state index contributed by atoms with van der Waals surface area (Å²) in [6.45, 7) is 2.88. The number of likely N-dealkylation sites (tertiary alicyclic amines) is 1.